The summed E-state index contributed by atoms with van der Waals surface area (Å²) in [6, 6.07) is 0.126. The molecular formula is C13H23NO3S. The van der Waals surface area contributed by atoms with Gasteiger partial charge in [-0.15, -0.1) is 0 Å². The van der Waals surface area contributed by atoms with Gasteiger partial charge < -0.3 is 10.4 Å². The van der Waals surface area contributed by atoms with Crippen LogP contribution >= 0.6 is 11.8 Å². The Morgan fingerprint density at radius 3 is 2.50 bits per heavy atom. The Labute approximate surface area is 113 Å². The van der Waals surface area contributed by atoms with Gasteiger partial charge in [0, 0.05) is 6.04 Å². The summed E-state index contributed by atoms with van der Waals surface area (Å²) in [6.45, 7) is 1.98. The summed E-state index contributed by atoms with van der Waals surface area (Å²) in [6.07, 6.45) is 6.18. The first-order valence-electron chi connectivity index (χ1n) is 6.58. The van der Waals surface area contributed by atoms with Crippen molar-refractivity contribution in [2.24, 2.45) is 11.8 Å². The number of amides is 1. The van der Waals surface area contributed by atoms with E-state index in [-0.39, 0.29) is 17.9 Å². The highest BCUT2D eigenvalue weighted by Gasteiger charge is 2.35. The number of carbonyl (C=O) groups is 2. The fraction of sp³-hybridized carbons (Fsp3) is 0.846. The lowest BCUT2D eigenvalue weighted by atomic mass is 9.78. The number of nitrogens with one attached hydrogen (secondary N) is 1. The minimum Gasteiger partial charge on any atom is -0.481 e. The standard InChI is InChI=1S/C13H23NO3S/c1-9(7-8-18-2)14-12(15)10-5-3-4-6-11(10)13(16)17/h9-11H,3-8H2,1-2H3,(H,14,15)(H,16,17)/t9?,10-,11+/m1/s1. The van der Waals surface area contributed by atoms with E-state index in [9.17, 15) is 9.59 Å². The van der Waals surface area contributed by atoms with Crippen LogP contribution in [-0.4, -0.2) is 35.0 Å². The van der Waals surface area contributed by atoms with Crippen LogP contribution in [0.1, 0.15) is 39.0 Å². The van der Waals surface area contributed by atoms with E-state index in [2.05, 4.69) is 5.32 Å². The molecule has 5 heteroatoms. The second kappa shape index (κ2) is 7.67. The van der Waals surface area contributed by atoms with Gasteiger partial charge in [0.05, 0.1) is 11.8 Å². The molecule has 4 nitrogen and oxygen atoms in total. The Balaban J connectivity index is 2.50. The van der Waals surface area contributed by atoms with E-state index in [0.29, 0.717) is 12.8 Å². The zero-order valence-electron chi connectivity index (χ0n) is 11.1. The van der Waals surface area contributed by atoms with E-state index in [1.54, 1.807) is 11.8 Å². The zero-order valence-corrected chi connectivity index (χ0v) is 12.0. The Bertz CT molecular complexity index is 296. The molecule has 1 aliphatic carbocycles. The highest BCUT2D eigenvalue weighted by molar-refractivity contribution is 7.98. The molecule has 0 saturated heterocycles. The number of carboxylic acids is 1. The van der Waals surface area contributed by atoms with Crippen LogP contribution in [-0.2, 0) is 9.59 Å². The van der Waals surface area contributed by atoms with Crippen molar-refractivity contribution in [3.05, 3.63) is 0 Å². The zero-order chi connectivity index (χ0) is 13.5. The molecule has 1 aliphatic rings. The predicted octanol–water partition coefficient (Wildman–Crippen LogP) is 2.14. The SMILES string of the molecule is CSCCC(C)NC(=O)[C@@H]1CCCC[C@@H]1C(=O)O. The lowest BCUT2D eigenvalue weighted by Gasteiger charge is -2.28. The smallest absolute Gasteiger partial charge is 0.307 e. The molecule has 1 rings (SSSR count). The monoisotopic (exact) mass is 273 g/mol. The first kappa shape index (κ1) is 15.3. The summed E-state index contributed by atoms with van der Waals surface area (Å²) >= 11 is 1.75. The molecule has 1 unspecified atom stereocenters. The van der Waals surface area contributed by atoms with E-state index < -0.39 is 11.9 Å². The average Bonchev–Trinajstić information content (AvgIpc) is 2.36. The normalized spacial score (nSPS) is 25.4. The van der Waals surface area contributed by atoms with Crippen molar-refractivity contribution in [2.75, 3.05) is 12.0 Å². The summed E-state index contributed by atoms with van der Waals surface area (Å²) < 4.78 is 0. The van der Waals surface area contributed by atoms with Gasteiger partial charge in [0.25, 0.3) is 0 Å². The second-order valence-electron chi connectivity index (χ2n) is 5.03. The van der Waals surface area contributed by atoms with Crippen LogP contribution in [0.4, 0.5) is 0 Å². The number of rotatable bonds is 6. The van der Waals surface area contributed by atoms with Gasteiger partial charge in [-0.2, -0.15) is 11.8 Å². The molecule has 0 heterocycles. The predicted molar refractivity (Wildman–Crippen MR) is 73.7 cm³/mol. The molecule has 2 N–H and O–H groups in total. The van der Waals surface area contributed by atoms with Crippen molar-refractivity contribution in [2.45, 2.75) is 45.1 Å². The van der Waals surface area contributed by atoms with Crippen LogP contribution in [0.5, 0.6) is 0 Å². The molecule has 1 saturated carbocycles. The third-order valence-electron chi connectivity index (χ3n) is 3.56. The van der Waals surface area contributed by atoms with E-state index in [0.717, 1.165) is 25.0 Å². The topological polar surface area (TPSA) is 66.4 Å². The van der Waals surface area contributed by atoms with Gasteiger partial charge in [0.15, 0.2) is 0 Å². The maximum Gasteiger partial charge on any atom is 0.307 e. The highest BCUT2D eigenvalue weighted by atomic mass is 32.2. The van der Waals surface area contributed by atoms with Crippen LogP contribution in [0.3, 0.4) is 0 Å². The summed E-state index contributed by atoms with van der Waals surface area (Å²) in [5.41, 5.74) is 0. The fourth-order valence-electron chi connectivity index (χ4n) is 2.46. The summed E-state index contributed by atoms with van der Waals surface area (Å²) in [5.74, 6) is -0.726. The van der Waals surface area contributed by atoms with E-state index in [4.69, 9.17) is 5.11 Å². The molecule has 1 fully saturated rings. The first-order valence-corrected chi connectivity index (χ1v) is 7.97. The van der Waals surface area contributed by atoms with Gasteiger partial charge in [-0.1, -0.05) is 12.8 Å². The van der Waals surface area contributed by atoms with Crippen molar-refractivity contribution in [1.29, 1.82) is 0 Å². The van der Waals surface area contributed by atoms with Gasteiger partial charge in [0.2, 0.25) is 5.91 Å². The second-order valence-corrected chi connectivity index (χ2v) is 6.01. The molecule has 0 aromatic carbocycles. The number of aliphatic carboxylic acids is 1. The number of hydrogen-bond acceptors (Lipinski definition) is 3. The Morgan fingerprint density at radius 1 is 1.33 bits per heavy atom. The van der Waals surface area contributed by atoms with Gasteiger partial charge in [-0.3, -0.25) is 9.59 Å². The molecular weight excluding hydrogens is 250 g/mol. The quantitative estimate of drug-likeness (QED) is 0.778. The largest absolute Gasteiger partial charge is 0.481 e. The molecule has 18 heavy (non-hydrogen) atoms. The van der Waals surface area contributed by atoms with Crippen LogP contribution in [0.2, 0.25) is 0 Å². The highest BCUT2D eigenvalue weighted by Crippen LogP contribution is 2.30. The molecule has 1 amide bonds. The van der Waals surface area contributed by atoms with Crippen LogP contribution in [0.25, 0.3) is 0 Å². The number of carboxylic acid groups (broad SMARTS) is 1. The van der Waals surface area contributed by atoms with Crippen molar-refractivity contribution < 1.29 is 14.7 Å². The van der Waals surface area contributed by atoms with Gasteiger partial charge in [0.1, 0.15) is 0 Å². The molecule has 0 bridgehead atoms. The number of carbonyl (C=O) groups excluding carboxylic acids is 1. The maximum atomic E-state index is 12.1. The lowest BCUT2D eigenvalue weighted by molar-refractivity contribution is -0.149. The number of hydrogen-bond donors (Lipinski definition) is 2. The molecule has 0 radical (unpaired) electrons. The van der Waals surface area contributed by atoms with E-state index >= 15 is 0 Å². The van der Waals surface area contributed by atoms with Crippen LogP contribution in [0.15, 0.2) is 0 Å². The molecule has 0 aromatic rings. The fourth-order valence-corrected chi connectivity index (χ4v) is 3.05. The molecule has 3 atom stereocenters. The van der Waals surface area contributed by atoms with Gasteiger partial charge in [-0.25, -0.2) is 0 Å². The van der Waals surface area contributed by atoms with E-state index in [1.807, 2.05) is 13.2 Å². The Kier molecular flexibility index (Phi) is 6.54. The summed E-state index contributed by atoms with van der Waals surface area (Å²) in [5, 5.41) is 12.1. The third-order valence-corrected chi connectivity index (χ3v) is 4.21. The molecule has 0 spiro atoms. The van der Waals surface area contributed by atoms with Crippen molar-refractivity contribution >= 4 is 23.6 Å². The van der Waals surface area contributed by atoms with Crippen molar-refractivity contribution in [1.82, 2.24) is 5.32 Å². The molecule has 0 aromatic heterocycles. The average molecular weight is 273 g/mol. The van der Waals surface area contributed by atoms with Crippen molar-refractivity contribution in [3.8, 4) is 0 Å². The first-order chi connectivity index (χ1) is 8.56. The van der Waals surface area contributed by atoms with E-state index in [1.165, 1.54) is 0 Å². The summed E-state index contributed by atoms with van der Waals surface area (Å²) in [7, 11) is 0. The summed E-state index contributed by atoms with van der Waals surface area (Å²) in [4.78, 5) is 23.2. The van der Waals surface area contributed by atoms with Gasteiger partial charge >= 0.3 is 5.97 Å². The van der Waals surface area contributed by atoms with Crippen LogP contribution < -0.4 is 5.32 Å². The minimum atomic E-state index is -0.827. The third kappa shape index (κ3) is 4.52. The number of thioether (sulfide) groups is 1. The lowest BCUT2D eigenvalue weighted by Crippen LogP contribution is -2.43. The minimum absolute atomic E-state index is 0.0734. The van der Waals surface area contributed by atoms with Crippen molar-refractivity contribution in [3.63, 3.8) is 0 Å². The Morgan fingerprint density at radius 2 is 1.94 bits per heavy atom. The van der Waals surface area contributed by atoms with Gasteiger partial charge in [-0.05, 0) is 38.2 Å². The molecule has 104 valence electrons. The Hall–Kier alpha value is -0.710. The van der Waals surface area contributed by atoms with Crippen LogP contribution in [0, 0.1) is 11.8 Å². The maximum absolute atomic E-state index is 12.1. The molecule has 0 aliphatic heterocycles.